The molecule has 4 aromatic heterocycles. The topological polar surface area (TPSA) is 60.0 Å². The van der Waals surface area contributed by atoms with Crippen molar-refractivity contribution in [3.63, 3.8) is 0 Å². The van der Waals surface area contributed by atoms with Crippen LogP contribution in [0.5, 0.6) is 0 Å². The van der Waals surface area contributed by atoms with Gasteiger partial charge in [0.25, 0.3) is 0 Å². The molecule has 1 aliphatic carbocycles. The first-order chi connectivity index (χ1) is 33.0. The molecule has 4 heterocycles. The van der Waals surface area contributed by atoms with Crippen LogP contribution in [0.2, 0.25) is 0 Å². The molecule has 0 bridgehead atoms. The lowest BCUT2D eigenvalue weighted by Gasteiger charge is -2.25. The Morgan fingerprint density at radius 3 is 2.01 bits per heavy atom. The van der Waals surface area contributed by atoms with Gasteiger partial charge < -0.3 is 8.98 Å². The quantitative estimate of drug-likeness (QED) is 0.167. The summed E-state index contributed by atoms with van der Waals surface area (Å²) in [5.74, 6) is 1.67. The van der Waals surface area contributed by atoms with Gasteiger partial charge in [-0.05, 0) is 89.0 Å². The molecule has 0 saturated carbocycles. The van der Waals surface area contributed by atoms with E-state index in [4.69, 9.17) is 19.4 Å². The molecule has 13 aromatic rings. The highest BCUT2D eigenvalue weighted by Gasteiger charge is 2.35. The lowest BCUT2D eigenvalue weighted by molar-refractivity contribution is 0.660. The number of nitrogens with zero attached hydrogens (tertiary/aromatic N) is 5. The van der Waals surface area contributed by atoms with Crippen LogP contribution < -0.4 is 4.90 Å². The minimum atomic E-state index is -0.138. The third-order valence-corrected chi connectivity index (χ3v) is 15.0. The van der Waals surface area contributed by atoms with Gasteiger partial charge in [-0.3, -0.25) is 4.90 Å². The third-order valence-electron chi connectivity index (χ3n) is 13.9. The van der Waals surface area contributed by atoms with Gasteiger partial charge in [0, 0.05) is 70.0 Å². The van der Waals surface area contributed by atoms with Crippen LogP contribution in [0.25, 0.3) is 104 Å². The number of benzene rings is 9. The fraction of sp³-hybridized carbons (Fsp3) is 0.0500. The number of hydrogen-bond donors (Lipinski definition) is 0. The molecule has 0 fully saturated rings. The smallest absolute Gasteiger partial charge is 0.238 e. The van der Waals surface area contributed by atoms with Crippen LogP contribution in [0.4, 0.5) is 17.3 Å². The first kappa shape index (κ1) is 37.9. The molecule has 0 spiro atoms. The normalized spacial score (nSPS) is 13.0. The van der Waals surface area contributed by atoms with Crippen molar-refractivity contribution in [2.45, 2.75) is 19.3 Å². The maximum Gasteiger partial charge on any atom is 0.238 e. The molecule has 0 aliphatic heterocycles. The summed E-state index contributed by atoms with van der Waals surface area (Å²) in [5.41, 5.74) is 13.5. The van der Waals surface area contributed by atoms with Crippen molar-refractivity contribution < 1.29 is 4.42 Å². The molecule has 9 aromatic carbocycles. The highest BCUT2D eigenvalue weighted by Crippen LogP contribution is 2.50. The minimum Gasteiger partial charge on any atom is -0.456 e. The van der Waals surface area contributed by atoms with Crippen LogP contribution in [0.1, 0.15) is 25.0 Å². The Labute approximate surface area is 389 Å². The zero-order chi connectivity index (χ0) is 44.4. The van der Waals surface area contributed by atoms with E-state index in [1.807, 2.05) is 12.1 Å². The van der Waals surface area contributed by atoms with Crippen molar-refractivity contribution in [1.82, 2.24) is 19.5 Å². The maximum atomic E-state index is 6.57. The van der Waals surface area contributed by atoms with Gasteiger partial charge in [-0.15, -0.1) is 11.3 Å². The molecule has 0 N–H and O–H groups in total. The fourth-order valence-electron chi connectivity index (χ4n) is 10.7. The second kappa shape index (κ2) is 14.3. The molecule has 0 amide bonds. The van der Waals surface area contributed by atoms with Crippen molar-refractivity contribution in [2.75, 3.05) is 4.90 Å². The Kier molecular flexibility index (Phi) is 8.10. The van der Waals surface area contributed by atoms with E-state index in [1.54, 1.807) is 11.3 Å². The summed E-state index contributed by atoms with van der Waals surface area (Å²) in [5, 5.41) is 6.81. The van der Waals surface area contributed by atoms with Crippen LogP contribution in [-0.4, -0.2) is 19.5 Å². The maximum absolute atomic E-state index is 6.57. The Morgan fingerprint density at radius 1 is 0.478 bits per heavy atom. The number of furan rings is 1. The summed E-state index contributed by atoms with van der Waals surface area (Å²) in [4.78, 5) is 18.7. The summed E-state index contributed by atoms with van der Waals surface area (Å²) < 4.78 is 11.3. The van der Waals surface area contributed by atoms with E-state index < -0.39 is 0 Å². The number of hydrogen-bond acceptors (Lipinski definition) is 6. The monoisotopic (exact) mass is 877 g/mol. The zero-order valence-corrected chi connectivity index (χ0v) is 37.4. The van der Waals surface area contributed by atoms with Gasteiger partial charge in [-0.25, -0.2) is 4.98 Å². The van der Waals surface area contributed by atoms with Crippen molar-refractivity contribution in [3.8, 4) is 39.6 Å². The molecule has 14 rings (SSSR count). The predicted molar refractivity (Wildman–Crippen MR) is 277 cm³/mol. The number of anilines is 3. The highest BCUT2D eigenvalue weighted by molar-refractivity contribution is 7.26. The van der Waals surface area contributed by atoms with E-state index >= 15 is 0 Å². The predicted octanol–water partition coefficient (Wildman–Crippen LogP) is 16.3. The molecule has 0 unspecified atom stereocenters. The molecule has 7 heteroatoms. The summed E-state index contributed by atoms with van der Waals surface area (Å²) in [6.45, 7) is 4.62. The van der Waals surface area contributed by atoms with Crippen molar-refractivity contribution >= 4 is 92.6 Å². The Bertz CT molecular complexity index is 4160. The third kappa shape index (κ3) is 5.71. The number of aromatic nitrogens is 4. The second-order valence-corrected chi connectivity index (χ2v) is 19.1. The number of rotatable bonds is 6. The molecule has 0 atom stereocenters. The molecule has 0 saturated heterocycles. The van der Waals surface area contributed by atoms with Gasteiger partial charge >= 0.3 is 0 Å². The van der Waals surface area contributed by atoms with E-state index in [2.05, 4.69) is 211 Å². The van der Waals surface area contributed by atoms with E-state index in [0.717, 1.165) is 71.9 Å². The first-order valence-corrected chi connectivity index (χ1v) is 23.5. The number of thiophene rings is 1. The SMILES string of the molecule is CC1(C)c2ccccc2-c2cc(-c3nc(-c4ccc5c6ccccc6n(-c6ccccc6)c5c4)nc(N(c4ccc5c(c4)oc4ccccc45)c4cccc5sc6ccccc6c45)n3)ccc21. The van der Waals surface area contributed by atoms with Gasteiger partial charge in [0.05, 0.1) is 22.4 Å². The summed E-state index contributed by atoms with van der Waals surface area (Å²) in [7, 11) is 0. The largest absolute Gasteiger partial charge is 0.456 e. The van der Waals surface area contributed by atoms with E-state index in [0.29, 0.717) is 17.6 Å². The molecule has 0 radical (unpaired) electrons. The number of para-hydroxylation sites is 3. The molecule has 6 nitrogen and oxygen atoms in total. The lowest BCUT2D eigenvalue weighted by Crippen LogP contribution is -2.16. The standard InChI is InChI=1S/C60H39N5OS/c1-60(2)47-21-10-6-17-40(47)46-33-36(28-32-48(46)60)57-61-58(37-27-30-42-41-18-7-11-22-49(41)64(51(42)34-37)38-15-4-3-5-16-38)63-59(62-57)65(39-29-31-44-43-19-8-12-24-52(43)66-53(44)35-39)50-23-14-26-55-56(50)45-20-9-13-25-54(45)67-55/h3-35H,1-2H3. The van der Waals surface area contributed by atoms with Crippen molar-refractivity contribution in [3.05, 3.63) is 211 Å². The summed E-state index contributed by atoms with van der Waals surface area (Å²) >= 11 is 1.80. The zero-order valence-electron chi connectivity index (χ0n) is 36.6. The van der Waals surface area contributed by atoms with Crippen LogP contribution in [0, 0.1) is 0 Å². The Balaban J connectivity index is 1.06. The Hall–Kier alpha value is -8.39. The van der Waals surface area contributed by atoms with Crippen LogP contribution in [0.3, 0.4) is 0 Å². The number of fused-ring (bicyclic) bond motifs is 12. The van der Waals surface area contributed by atoms with Crippen molar-refractivity contribution in [2.24, 2.45) is 0 Å². The van der Waals surface area contributed by atoms with Crippen LogP contribution in [-0.2, 0) is 5.41 Å². The van der Waals surface area contributed by atoms with E-state index in [-0.39, 0.29) is 5.41 Å². The highest BCUT2D eigenvalue weighted by atomic mass is 32.1. The molecule has 316 valence electrons. The van der Waals surface area contributed by atoms with Gasteiger partial charge in [-0.2, -0.15) is 9.97 Å². The van der Waals surface area contributed by atoms with Crippen molar-refractivity contribution in [1.29, 1.82) is 0 Å². The van der Waals surface area contributed by atoms with Gasteiger partial charge in [-0.1, -0.05) is 141 Å². The molecule has 67 heavy (non-hydrogen) atoms. The van der Waals surface area contributed by atoms with E-state index in [1.165, 1.54) is 42.4 Å². The van der Waals surface area contributed by atoms with Gasteiger partial charge in [0.15, 0.2) is 11.6 Å². The lowest BCUT2D eigenvalue weighted by atomic mass is 9.82. The van der Waals surface area contributed by atoms with Crippen LogP contribution in [0.15, 0.2) is 205 Å². The molecule has 1 aliphatic rings. The minimum absolute atomic E-state index is 0.138. The molecular weight excluding hydrogens is 839 g/mol. The molecular formula is C60H39N5OS. The Morgan fingerprint density at radius 2 is 1.13 bits per heavy atom. The van der Waals surface area contributed by atoms with Gasteiger partial charge in [0.1, 0.15) is 11.2 Å². The summed E-state index contributed by atoms with van der Waals surface area (Å²) in [6.07, 6.45) is 0. The fourth-order valence-corrected chi connectivity index (χ4v) is 11.8. The van der Waals surface area contributed by atoms with Gasteiger partial charge in [0.2, 0.25) is 5.95 Å². The summed E-state index contributed by atoms with van der Waals surface area (Å²) in [6, 6.07) is 71.2. The second-order valence-electron chi connectivity index (χ2n) is 18.0. The first-order valence-electron chi connectivity index (χ1n) is 22.7. The average molecular weight is 878 g/mol. The van der Waals surface area contributed by atoms with Crippen LogP contribution >= 0.6 is 11.3 Å². The average Bonchev–Trinajstić information content (AvgIpc) is 4.10. The van der Waals surface area contributed by atoms with E-state index in [9.17, 15) is 0 Å².